The molecule has 2 heteroatoms. The zero-order valence-electron chi connectivity index (χ0n) is 9.22. The van der Waals surface area contributed by atoms with Gasteiger partial charge in [-0.25, -0.2) is 0 Å². The molecule has 0 aromatic carbocycles. The lowest BCUT2D eigenvalue weighted by atomic mass is 10.0. The molecule has 0 rings (SSSR count). The predicted octanol–water partition coefficient (Wildman–Crippen LogP) is 1.84. The molecule has 0 aliphatic heterocycles. The highest BCUT2D eigenvalue weighted by Gasteiger charge is 2.13. The molecule has 74 valence electrons. The standard InChI is InChI=1S/C10H24N2/c1-6-12(9(2)3)8-7-10(4,5)11/h9H,6-8,11H2,1-5H3. The van der Waals surface area contributed by atoms with E-state index >= 15 is 0 Å². The summed E-state index contributed by atoms with van der Waals surface area (Å²) in [5, 5.41) is 0. The highest BCUT2D eigenvalue weighted by molar-refractivity contribution is 4.74. The molecule has 0 atom stereocenters. The van der Waals surface area contributed by atoms with Crippen molar-refractivity contribution in [1.29, 1.82) is 0 Å². The van der Waals surface area contributed by atoms with E-state index < -0.39 is 0 Å². The molecule has 0 aliphatic carbocycles. The van der Waals surface area contributed by atoms with Crippen molar-refractivity contribution in [3.05, 3.63) is 0 Å². The summed E-state index contributed by atoms with van der Waals surface area (Å²) >= 11 is 0. The van der Waals surface area contributed by atoms with Crippen LogP contribution < -0.4 is 5.73 Å². The Hall–Kier alpha value is -0.0800. The van der Waals surface area contributed by atoms with E-state index in [4.69, 9.17) is 5.73 Å². The number of nitrogens with zero attached hydrogens (tertiary/aromatic N) is 1. The van der Waals surface area contributed by atoms with Gasteiger partial charge in [-0.3, -0.25) is 0 Å². The molecule has 0 saturated carbocycles. The SMILES string of the molecule is CCN(CCC(C)(C)N)C(C)C. The van der Waals surface area contributed by atoms with Crippen LogP contribution in [0.3, 0.4) is 0 Å². The van der Waals surface area contributed by atoms with Crippen molar-refractivity contribution in [1.82, 2.24) is 4.90 Å². The monoisotopic (exact) mass is 172 g/mol. The summed E-state index contributed by atoms with van der Waals surface area (Å²) in [6.07, 6.45) is 1.07. The van der Waals surface area contributed by atoms with E-state index in [0.717, 1.165) is 19.5 Å². The van der Waals surface area contributed by atoms with Crippen LogP contribution in [0.25, 0.3) is 0 Å². The molecular weight excluding hydrogens is 148 g/mol. The lowest BCUT2D eigenvalue weighted by Gasteiger charge is -2.28. The molecule has 0 spiro atoms. The smallest absolute Gasteiger partial charge is 0.0109 e. The molecule has 0 radical (unpaired) electrons. The lowest BCUT2D eigenvalue weighted by molar-refractivity contribution is 0.214. The Bertz CT molecular complexity index is 113. The van der Waals surface area contributed by atoms with Crippen LogP contribution in [-0.4, -0.2) is 29.6 Å². The van der Waals surface area contributed by atoms with Gasteiger partial charge >= 0.3 is 0 Å². The van der Waals surface area contributed by atoms with Crippen LogP contribution >= 0.6 is 0 Å². The van der Waals surface area contributed by atoms with Crippen molar-refractivity contribution in [2.75, 3.05) is 13.1 Å². The highest BCUT2D eigenvalue weighted by atomic mass is 15.1. The number of nitrogens with two attached hydrogens (primary N) is 1. The van der Waals surface area contributed by atoms with Crippen LogP contribution in [0.15, 0.2) is 0 Å². The summed E-state index contributed by atoms with van der Waals surface area (Å²) < 4.78 is 0. The maximum Gasteiger partial charge on any atom is 0.0109 e. The molecule has 2 nitrogen and oxygen atoms in total. The maximum atomic E-state index is 5.91. The number of hydrogen-bond donors (Lipinski definition) is 1. The molecule has 0 fully saturated rings. The number of hydrogen-bond acceptors (Lipinski definition) is 2. The first kappa shape index (κ1) is 11.9. The Labute approximate surface area is 77.1 Å². The summed E-state index contributed by atoms with van der Waals surface area (Å²) in [6.45, 7) is 13.1. The van der Waals surface area contributed by atoms with E-state index in [2.05, 4.69) is 39.5 Å². The zero-order valence-corrected chi connectivity index (χ0v) is 9.22. The fourth-order valence-corrected chi connectivity index (χ4v) is 1.21. The van der Waals surface area contributed by atoms with E-state index in [9.17, 15) is 0 Å². The summed E-state index contributed by atoms with van der Waals surface area (Å²) in [5.74, 6) is 0. The van der Waals surface area contributed by atoms with Crippen molar-refractivity contribution in [2.24, 2.45) is 5.73 Å². The Balaban J connectivity index is 3.73. The summed E-state index contributed by atoms with van der Waals surface area (Å²) in [7, 11) is 0. The molecule has 0 aliphatic rings. The Morgan fingerprint density at radius 3 is 2.08 bits per heavy atom. The van der Waals surface area contributed by atoms with Gasteiger partial charge in [0, 0.05) is 18.1 Å². The second kappa shape index (κ2) is 4.83. The molecule has 0 unspecified atom stereocenters. The van der Waals surface area contributed by atoms with Crippen molar-refractivity contribution in [3.63, 3.8) is 0 Å². The second-order valence-corrected chi connectivity index (χ2v) is 4.46. The van der Waals surface area contributed by atoms with E-state index in [0.29, 0.717) is 6.04 Å². The first-order valence-electron chi connectivity index (χ1n) is 4.89. The van der Waals surface area contributed by atoms with Gasteiger partial charge in [0.15, 0.2) is 0 Å². The van der Waals surface area contributed by atoms with Crippen molar-refractivity contribution >= 4 is 0 Å². The second-order valence-electron chi connectivity index (χ2n) is 4.46. The van der Waals surface area contributed by atoms with Crippen LogP contribution in [0.1, 0.15) is 41.0 Å². The van der Waals surface area contributed by atoms with E-state index in [-0.39, 0.29) is 5.54 Å². The van der Waals surface area contributed by atoms with Crippen LogP contribution in [0, 0.1) is 0 Å². The van der Waals surface area contributed by atoms with Crippen LogP contribution in [-0.2, 0) is 0 Å². The highest BCUT2D eigenvalue weighted by Crippen LogP contribution is 2.07. The third-order valence-corrected chi connectivity index (χ3v) is 2.18. The minimum Gasteiger partial charge on any atom is -0.326 e. The normalized spacial score (nSPS) is 13.0. The molecule has 2 N–H and O–H groups in total. The summed E-state index contributed by atoms with van der Waals surface area (Å²) in [6, 6.07) is 0.636. The molecule has 0 aromatic rings. The number of rotatable bonds is 5. The first-order valence-corrected chi connectivity index (χ1v) is 4.89. The van der Waals surface area contributed by atoms with Gasteiger partial charge in [0.25, 0.3) is 0 Å². The molecule has 12 heavy (non-hydrogen) atoms. The molecule has 0 heterocycles. The Morgan fingerprint density at radius 2 is 1.83 bits per heavy atom. The first-order chi connectivity index (χ1) is 5.37. The Kier molecular flexibility index (Phi) is 4.80. The molecular formula is C10H24N2. The largest absolute Gasteiger partial charge is 0.326 e. The molecule has 0 amide bonds. The topological polar surface area (TPSA) is 29.3 Å². The molecule has 0 saturated heterocycles. The zero-order chi connectivity index (χ0) is 9.78. The van der Waals surface area contributed by atoms with E-state index in [1.54, 1.807) is 0 Å². The van der Waals surface area contributed by atoms with Crippen LogP contribution in [0.4, 0.5) is 0 Å². The van der Waals surface area contributed by atoms with Gasteiger partial charge in [-0.15, -0.1) is 0 Å². The Morgan fingerprint density at radius 1 is 1.33 bits per heavy atom. The third-order valence-electron chi connectivity index (χ3n) is 2.18. The van der Waals surface area contributed by atoms with Gasteiger partial charge in [0.2, 0.25) is 0 Å². The maximum absolute atomic E-state index is 5.91. The average molecular weight is 172 g/mol. The minimum atomic E-state index is -0.0255. The van der Waals surface area contributed by atoms with Gasteiger partial charge in [0.05, 0.1) is 0 Å². The third kappa shape index (κ3) is 5.56. The van der Waals surface area contributed by atoms with Gasteiger partial charge in [-0.05, 0) is 40.7 Å². The average Bonchev–Trinajstić information content (AvgIpc) is 1.85. The van der Waals surface area contributed by atoms with Gasteiger partial charge in [-0.1, -0.05) is 6.92 Å². The molecule has 0 aromatic heterocycles. The van der Waals surface area contributed by atoms with Crippen LogP contribution in [0.5, 0.6) is 0 Å². The van der Waals surface area contributed by atoms with E-state index in [1.807, 2.05) is 0 Å². The summed E-state index contributed by atoms with van der Waals surface area (Å²) in [5.41, 5.74) is 5.89. The fraction of sp³-hybridized carbons (Fsp3) is 1.00. The van der Waals surface area contributed by atoms with Gasteiger partial charge in [0.1, 0.15) is 0 Å². The van der Waals surface area contributed by atoms with Crippen LogP contribution in [0.2, 0.25) is 0 Å². The van der Waals surface area contributed by atoms with Crippen molar-refractivity contribution < 1.29 is 0 Å². The quantitative estimate of drug-likeness (QED) is 0.685. The minimum absolute atomic E-state index is 0.0255. The van der Waals surface area contributed by atoms with Crippen molar-refractivity contribution in [2.45, 2.75) is 52.6 Å². The van der Waals surface area contributed by atoms with Gasteiger partial charge < -0.3 is 10.6 Å². The van der Waals surface area contributed by atoms with E-state index in [1.165, 1.54) is 0 Å². The van der Waals surface area contributed by atoms with Crippen molar-refractivity contribution in [3.8, 4) is 0 Å². The fourth-order valence-electron chi connectivity index (χ4n) is 1.21. The summed E-state index contributed by atoms with van der Waals surface area (Å²) in [4.78, 5) is 2.44. The predicted molar refractivity (Wildman–Crippen MR) is 55.3 cm³/mol. The van der Waals surface area contributed by atoms with Gasteiger partial charge in [-0.2, -0.15) is 0 Å². The molecule has 0 bridgehead atoms. The lowest BCUT2D eigenvalue weighted by Crippen LogP contribution is -2.39.